The van der Waals surface area contributed by atoms with Gasteiger partial charge in [-0.1, -0.05) is 19.8 Å². The molecule has 0 spiro atoms. The van der Waals surface area contributed by atoms with E-state index < -0.39 is 0 Å². The normalized spacial score (nSPS) is 38.9. The molecule has 3 nitrogen and oxygen atoms in total. The van der Waals surface area contributed by atoms with Gasteiger partial charge in [-0.05, 0) is 31.6 Å². The van der Waals surface area contributed by atoms with E-state index in [9.17, 15) is 9.90 Å². The first-order chi connectivity index (χ1) is 7.68. The van der Waals surface area contributed by atoms with Crippen LogP contribution in [0.2, 0.25) is 0 Å². The SMILES string of the molecule is CC1CCCC1C(=O)NCC1CCCC1O. The van der Waals surface area contributed by atoms with Gasteiger partial charge in [0.25, 0.3) is 0 Å². The lowest BCUT2D eigenvalue weighted by Gasteiger charge is -2.19. The molecule has 2 fully saturated rings. The van der Waals surface area contributed by atoms with E-state index in [-0.39, 0.29) is 17.9 Å². The van der Waals surface area contributed by atoms with Crippen molar-refractivity contribution in [3.63, 3.8) is 0 Å². The molecule has 0 bridgehead atoms. The van der Waals surface area contributed by atoms with Crippen LogP contribution in [-0.4, -0.2) is 23.7 Å². The maximum Gasteiger partial charge on any atom is 0.223 e. The van der Waals surface area contributed by atoms with Gasteiger partial charge in [-0.2, -0.15) is 0 Å². The largest absolute Gasteiger partial charge is 0.393 e. The molecule has 1 amide bonds. The van der Waals surface area contributed by atoms with Crippen LogP contribution in [0.4, 0.5) is 0 Å². The number of amides is 1. The van der Waals surface area contributed by atoms with Gasteiger partial charge in [0, 0.05) is 18.4 Å². The molecule has 0 aliphatic heterocycles. The zero-order valence-corrected chi connectivity index (χ0v) is 10.1. The summed E-state index contributed by atoms with van der Waals surface area (Å²) in [4.78, 5) is 11.9. The number of aliphatic hydroxyl groups is 1. The van der Waals surface area contributed by atoms with Crippen LogP contribution >= 0.6 is 0 Å². The summed E-state index contributed by atoms with van der Waals surface area (Å²) in [5.41, 5.74) is 0. The molecule has 0 saturated heterocycles. The van der Waals surface area contributed by atoms with Gasteiger partial charge in [-0.25, -0.2) is 0 Å². The highest BCUT2D eigenvalue weighted by molar-refractivity contribution is 5.79. The van der Waals surface area contributed by atoms with Crippen LogP contribution in [0.15, 0.2) is 0 Å². The van der Waals surface area contributed by atoms with Crippen molar-refractivity contribution >= 4 is 5.91 Å². The molecule has 0 radical (unpaired) electrons. The van der Waals surface area contributed by atoms with Crippen molar-refractivity contribution in [2.24, 2.45) is 17.8 Å². The lowest BCUT2D eigenvalue weighted by atomic mass is 9.97. The van der Waals surface area contributed by atoms with E-state index >= 15 is 0 Å². The Morgan fingerprint density at radius 2 is 2.00 bits per heavy atom. The second-order valence-corrected chi connectivity index (χ2v) is 5.52. The lowest BCUT2D eigenvalue weighted by molar-refractivity contribution is -0.126. The third-order valence-corrected chi connectivity index (χ3v) is 4.36. The van der Waals surface area contributed by atoms with Crippen molar-refractivity contribution in [3.05, 3.63) is 0 Å². The molecule has 2 aliphatic carbocycles. The molecular weight excluding hydrogens is 202 g/mol. The third kappa shape index (κ3) is 2.57. The number of carbonyl (C=O) groups is 1. The molecule has 92 valence electrons. The number of aliphatic hydroxyl groups excluding tert-OH is 1. The van der Waals surface area contributed by atoms with Crippen LogP contribution < -0.4 is 5.32 Å². The Labute approximate surface area is 97.6 Å². The van der Waals surface area contributed by atoms with Gasteiger partial charge in [0.1, 0.15) is 0 Å². The fourth-order valence-electron chi connectivity index (χ4n) is 3.15. The molecule has 2 N–H and O–H groups in total. The van der Waals surface area contributed by atoms with Gasteiger partial charge in [0.2, 0.25) is 5.91 Å². The van der Waals surface area contributed by atoms with E-state index in [0.717, 1.165) is 25.7 Å². The standard InChI is InChI=1S/C13H23NO2/c1-9-4-2-6-11(9)13(16)14-8-10-5-3-7-12(10)15/h9-12,15H,2-8H2,1H3,(H,14,16). The van der Waals surface area contributed by atoms with Gasteiger partial charge >= 0.3 is 0 Å². The maximum absolute atomic E-state index is 11.9. The van der Waals surface area contributed by atoms with Crippen molar-refractivity contribution in [2.45, 2.75) is 51.6 Å². The van der Waals surface area contributed by atoms with E-state index in [1.54, 1.807) is 0 Å². The second-order valence-electron chi connectivity index (χ2n) is 5.52. The van der Waals surface area contributed by atoms with E-state index in [2.05, 4.69) is 12.2 Å². The summed E-state index contributed by atoms with van der Waals surface area (Å²) in [5, 5.41) is 12.7. The summed E-state index contributed by atoms with van der Waals surface area (Å²) in [5.74, 6) is 1.26. The first kappa shape index (κ1) is 11.9. The topological polar surface area (TPSA) is 49.3 Å². The summed E-state index contributed by atoms with van der Waals surface area (Å²) in [6, 6.07) is 0. The summed E-state index contributed by atoms with van der Waals surface area (Å²) >= 11 is 0. The number of rotatable bonds is 3. The monoisotopic (exact) mass is 225 g/mol. The molecule has 2 saturated carbocycles. The summed E-state index contributed by atoms with van der Waals surface area (Å²) in [6.07, 6.45) is 6.28. The predicted octanol–water partition coefficient (Wildman–Crippen LogP) is 1.70. The zero-order chi connectivity index (χ0) is 11.5. The van der Waals surface area contributed by atoms with Crippen molar-refractivity contribution < 1.29 is 9.90 Å². The predicted molar refractivity (Wildman–Crippen MR) is 62.9 cm³/mol. The Balaban J connectivity index is 1.75. The minimum absolute atomic E-state index is 0.193. The van der Waals surface area contributed by atoms with Gasteiger partial charge in [-0.3, -0.25) is 4.79 Å². The molecule has 2 rings (SSSR count). The lowest BCUT2D eigenvalue weighted by Crippen LogP contribution is -2.37. The Morgan fingerprint density at radius 3 is 2.56 bits per heavy atom. The van der Waals surface area contributed by atoms with E-state index in [1.807, 2.05) is 0 Å². The average Bonchev–Trinajstić information content (AvgIpc) is 2.84. The molecule has 16 heavy (non-hydrogen) atoms. The fraction of sp³-hybridized carbons (Fsp3) is 0.923. The summed E-state index contributed by atoms with van der Waals surface area (Å²) in [6.45, 7) is 2.84. The van der Waals surface area contributed by atoms with E-state index in [0.29, 0.717) is 18.4 Å². The number of hydrogen-bond acceptors (Lipinski definition) is 2. The highest BCUT2D eigenvalue weighted by Crippen LogP contribution is 2.31. The van der Waals surface area contributed by atoms with Crippen LogP contribution in [0.5, 0.6) is 0 Å². The van der Waals surface area contributed by atoms with Crippen molar-refractivity contribution in [1.82, 2.24) is 5.32 Å². The Bertz CT molecular complexity index is 254. The Kier molecular flexibility index (Phi) is 3.85. The summed E-state index contributed by atoms with van der Waals surface area (Å²) < 4.78 is 0. The van der Waals surface area contributed by atoms with Gasteiger partial charge in [-0.15, -0.1) is 0 Å². The molecule has 0 aromatic rings. The average molecular weight is 225 g/mol. The third-order valence-electron chi connectivity index (χ3n) is 4.36. The highest BCUT2D eigenvalue weighted by atomic mass is 16.3. The van der Waals surface area contributed by atoms with Crippen LogP contribution in [-0.2, 0) is 4.79 Å². The maximum atomic E-state index is 11.9. The molecule has 2 aliphatic rings. The van der Waals surface area contributed by atoms with Gasteiger partial charge < -0.3 is 10.4 Å². The minimum atomic E-state index is -0.193. The second kappa shape index (κ2) is 5.17. The van der Waals surface area contributed by atoms with Crippen LogP contribution in [0.25, 0.3) is 0 Å². The first-order valence-electron chi connectivity index (χ1n) is 6.64. The van der Waals surface area contributed by atoms with Crippen LogP contribution in [0.3, 0.4) is 0 Å². The number of carbonyl (C=O) groups excluding carboxylic acids is 1. The quantitative estimate of drug-likeness (QED) is 0.768. The fourth-order valence-corrected chi connectivity index (χ4v) is 3.15. The van der Waals surface area contributed by atoms with Crippen LogP contribution in [0, 0.1) is 17.8 Å². The zero-order valence-electron chi connectivity index (χ0n) is 10.1. The molecule has 0 aromatic heterocycles. The Morgan fingerprint density at radius 1 is 1.25 bits per heavy atom. The van der Waals surface area contributed by atoms with E-state index in [4.69, 9.17) is 0 Å². The molecule has 4 unspecified atom stereocenters. The van der Waals surface area contributed by atoms with Crippen molar-refractivity contribution in [2.75, 3.05) is 6.54 Å². The smallest absolute Gasteiger partial charge is 0.223 e. The Hall–Kier alpha value is -0.570. The van der Waals surface area contributed by atoms with Crippen LogP contribution in [0.1, 0.15) is 45.4 Å². The highest BCUT2D eigenvalue weighted by Gasteiger charge is 2.31. The van der Waals surface area contributed by atoms with Crippen molar-refractivity contribution in [1.29, 1.82) is 0 Å². The minimum Gasteiger partial charge on any atom is -0.393 e. The number of nitrogens with one attached hydrogen (secondary N) is 1. The molecule has 0 aromatic carbocycles. The van der Waals surface area contributed by atoms with Gasteiger partial charge in [0.15, 0.2) is 0 Å². The molecule has 4 atom stereocenters. The molecule has 3 heteroatoms. The molecular formula is C13H23NO2. The molecule has 0 heterocycles. The van der Waals surface area contributed by atoms with Gasteiger partial charge in [0.05, 0.1) is 6.10 Å². The van der Waals surface area contributed by atoms with Crippen molar-refractivity contribution in [3.8, 4) is 0 Å². The number of hydrogen-bond donors (Lipinski definition) is 2. The first-order valence-corrected chi connectivity index (χ1v) is 6.64. The summed E-state index contributed by atoms with van der Waals surface area (Å²) in [7, 11) is 0. The van der Waals surface area contributed by atoms with E-state index in [1.165, 1.54) is 12.8 Å².